The fourth-order valence-corrected chi connectivity index (χ4v) is 3.79. The summed E-state index contributed by atoms with van der Waals surface area (Å²) in [5, 5.41) is 5.88. The second kappa shape index (κ2) is 10.6. The van der Waals surface area contributed by atoms with Crippen LogP contribution in [0.4, 0.5) is 4.79 Å². The lowest BCUT2D eigenvalue weighted by atomic mass is 10.2. The molecule has 3 aromatic rings. The van der Waals surface area contributed by atoms with Crippen LogP contribution >= 0.6 is 11.8 Å². The maximum Gasteiger partial charge on any atom is 0.321 e. The molecule has 0 fully saturated rings. The van der Waals surface area contributed by atoms with Crippen LogP contribution in [0.15, 0.2) is 59.8 Å². The van der Waals surface area contributed by atoms with Crippen LogP contribution in [-0.4, -0.2) is 41.0 Å². The predicted molar refractivity (Wildman–Crippen MR) is 114 cm³/mol. The highest BCUT2D eigenvalue weighted by molar-refractivity contribution is 7.99. The van der Waals surface area contributed by atoms with E-state index in [0.29, 0.717) is 25.4 Å². The SMILES string of the molecule is COCCn1c(SCCC(=O)NC(=O)NCc2ccccc2)nc2ccccc21. The molecule has 152 valence electrons. The zero-order valence-electron chi connectivity index (χ0n) is 16.3. The van der Waals surface area contributed by atoms with E-state index in [9.17, 15) is 9.59 Å². The first-order valence-electron chi connectivity index (χ1n) is 9.36. The Balaban J connectivity index is 1.48. The van der Waals surface area contributed by atoms with Gasteiger partial charge in [0.05, 0.1) is 17.6 Å². The van der Waals surface area contributed by atoms with E-state index in [1.54, 1.807) is 7.11 Å². The van der Waals surface area contributed by atoms with Crippen molar-refractivity contribution in [2.75, 3.05) is 19.5 Å². The van der Waals surface area contributed by atoms with Crippen molar-refractivity contribution < 1.29 is 14.3 Å². The molecule has 0 aliphatic rings. The first-order valence-corrected chi connectivity index (χ1v) is 10.3. The van der Waals surface area contributed by atoms with E-state index < -0.39 is 6.03 Å². The van der Waals surface area contributed by atoms with Crippen LogP contribution in [0.2, 0.25) is 0 Å². The van der Waals surface area contributed by atoms with Gasteiger partial charge in [0.2, 0.25) is 5.91 Å². The Morgan fingerprint density at radius 3 is 2.66 bits per heavy atom. The number of thioether (sulfide) groups is 1. The van der Waals surface area contributed by atoms with Crippen LogP contribution < -0.4 is 10.6 Å². The third-order valence-electron chi connectivity index (χ3n) is 4.25. The number of amides is 3. The van der Waals surface area contributed by atoms with Gasteiger partial charge in [-0.2, -0.15) is 0 Å². The van der Waals surface area contributed by atoms with E-state index in [4.69, 9.17) is 4.74 Å². The molecule has 1 aromatic heterocycles. The molecule has 3 amide bonds. The Kier molecular flexibility index (Phi) is 7.66. The fourth-order valence-electron chi connectivity index (χ4n) is 2.81. The Morgan fingerprint density at radius 2 is 1.86 bits per heavy atom. The van der Waals surface area contributed by atoms with E-state index >= 15 is 0 Å². The second-order valence-corrected chi connectivity index (χ2v) is 7.40. The van der Waals surface area contributed by atoms with Crippen LogP contribution in [0.5, 0.6) is 0 Å². The standard InChI is InChI=1S/C21H24N4O3S/c1-28-13-12-25-18-10-6-5-9-17(18)23-21(25)29-14-11-19(26)24-20(27)22-15-16-7-3-2-4-8-16/h2-10H,11-15H2,1H3,(H2,22,24,26,27). The molecule has 0 saturated heterocycles. The molecule has 0 saturated carbocycles. The van der Waals surface area contributed by atoms with Crippen LogP contribution in [-0.2, 0) is 22.6 Å². The van der Waals surface area contributed by atoms with Crippen LogP contribution in [0.25, 0.3) is 11.0 Å². The highest BCUT2D eigenvalue weighted by Gasteiger charge is 2.12. The van der Waals surface area contributed by atoms with Crippen molar-refractivity contribution in [3.05, 3.63) is 60.2 Å². The molecule has 2 N–H and O–H groups in total. The summed E-state index contributed by atoms with van der Waals surface area (Å²) in [7, 11) is 1.67. The first-order chi connectivity index (χ1) is 14.2. The van der Waals surface area contributed by atoms with Crippen molar-refractivity contribution in [2.24, 2.45) is 0 Å². The summed E-state index contributed by atoms with van der Waals surface area (Å²) in [6.07, 6.45) is 0.219. The Morgan fingerprint density at radius 1 is 1.10 bits per heavy atom. The number of hydrogen-bond donors (Lipinski definition) is 2. The molecular weight excluding hydrogens is 388 g/mol. The number of benzene rings is 2. The maximum absolute atomic E-state index is 12.1. The van der Waals surface area contributed by atoms with Gasteiger partial charge in [0.1, 0.15) is 0 Å². The average Bonchev–Trinajstić information content (AvgIpc) is 3.08. The zero-order chi connectivity index (χ0) is 20.5. The molecule has 0 unspecified atom stereocenters. The molecular formula is C21H24N4O3S. The highest BCUT2D eigenvalue weighted by Crippen LogP contribution is 2.24. The van der Waals surface area contributed by atoms with Gasteiger partial charge in [-0.25, -0.2) is 9.78 Å². The van der Waals surface area contributed by atoms with Crippen molar-refractivity contribution in [3.8, 4) is 0 Å². The largest absolute Gasteiger partial charge is 0.383 e. The number of imide groups is 1. The molecule has 29 heavy (non-hydrogen) atoms. The molecule has 1 heterocycles. The average molecular weight is 413 g/mol. The first kappa shape index (κ1) is 20.9. The van der Waals surface area contributed by atoms with Gasteiger partial charge in [0.15, 0.2) is 5.16 Å². The van der Waals surface area contributed by atoms with Gasteiger partial charge in [-0.1, -0.05) is 54.2 Å². The molecule has 0 radical (unpaired) electrons. The molecule has 7 nitrogen and oxygen atoms in total. The van der Waals surface area contributed by atoms with Gasteiger partial charge < -0.3 is 14.6 Å². The van der Waals surface area contributed by atoms with Crippen LogP contribution in [0.1, 0.15) is 12.0 Å². The second-order valence-electron chi connectivity index (χ2n) is 6.34. The predicted octanol–water partition coefficient (Wildman–Crippen LogP) is 3.19. The van der Waals surface area contributed by atoms with E-state index in [1.165, 1.54) is 11.8 Å². The number of rotatable bonds is 9. The number of para-hydroxylation sites is 2. The number of imidazole rings is 1. The lowest BCUT2D eigenvalue weighted by molar-refractivity contribution is -0.119. The highest BCUT2D eigenvalue weighted by atomic mass is 32.2. The quantitative estimate of drug-likeness (QED) is 0.527. The summed E-state index contributed by atoms with van der Waals surface area (Å²) in [4.78, 5) is 28.6. The summed E-state index contributed by atoms with van der Waals surface area (Å²) >= 11 is 1.49. The van der Waals surface area contributed by atoms with Gasteiger partial charge >= 0.3 is 6.03 Å². The molecule has 0 bridgehead atoms. The number of urea groups is 1. The summed E-state index contributed by atoms with van der Waals surface area (Å²) in [5.74, 6) is 0.205. The zero-order valence-corrected chi connectivity index (χ0v) is 17.1. The van der Waals surface area contributed by atoms with Crippen LogP contribution in [0, 0.1) is 0 Å². The van der Waals surface area contributed by atoms with E-state index in [2.05, 4.69) is 20.2 Å². The monoisotopic (exact) mass is 412 g/mol. The molecule has 0 aliphatic heterocycles. The number of carbonyl (C=O) groups excluding carboxylic acids is 2. The number of fused-ring (bicyclic) bond motifs is 1. The van der Waals surface area contributed by atoms with Crippen molar-refractivity contribution in [3.63, 3.8) is 0 Å². The van der Waals surface area contributed by atoms with Gasteiger partial charge in [-0.15, -0.1) is 0 Å². The molecule has 0 aliphatic carbocycles. The summed E-state index contributed by atoms with van der Waals surface area (Å²) < 4.78 is 7.29. The third kappa shape index (κ3) is 6.07. The van der Waals surface area contributed by atoms with Gasteiger partial charge in [0.25, 0.3) is 0 Å². The van der Waals surface area contributed by atoms with Gasteiger partial charge in [-0.3, -0.25) is 10.1 Å². The van der Waals surface area contributed by atoms with E-state index in [0.717, 1.165) is 21.8 Å². The number of nitrogens with zero attached hydrogens (tertiary/aromatic N) is 2. The lowest BCUT2D eigenvalue weighted by Gasteiger charge is -2.09. The Hall–Kier alpha value is -2.84. The summed E-state index contributed by atoms with van der Waals surface area (Å²) in [6, 6.07) is 17.0. The number of hydrogen-bond acceptors (Lipinski definition) is 5. The molecule has 3 rings (SSSR count). The normalized spacial score (nSPS) is 10.8. The van der Waals surface area contributed by atoms with Crippen molar-refractivity contribution in [1.82, 2.24) is 20.2 Å². The molecule has 0 spiro atoms. The van der Waals surface area contributed by atoms with Crippen molar-refractivity contribution in [1.29, 1.82) is 0 Å². The number of nitrogens with one attached hydrogen (secondary N) is 2. The number of methoxy groups -OCH3 is 1. The Bertz CT molecular complexity index is 959. The van der Waals surface area contributed by atoms with Gasteiger partial charge in [0, 0.05) is 32.4 Å². The minimum atomic E-state index is -0.490. The minimum absolute atomic E-state index is 0.219. The maximum atomic E-state index is 12.1. The number of ether oxygens (including phenoxy) is 1. The topological polar surface area (TPSA) is 85.2 Å². The van der Waals surface area contributed by atoms with Crippen LogP contribution in [0.3, 0.4) is 0 Å². The fraction of sp³-hybridized carbons (Fsp3) is 0.286. The van der Waals surface area contributed by atoms with E-state index in [-0.39, 0.29) is 12.3 Å². The Labute approximate surface area is 173 Å². The third-order valence-corrected chi connectivity index (χ3v) is 5.23. The smallest absolute Gasteiger partial charge is 0.321 e. The van der Waals surface area contributed by atoms with Crippen molar-refractivity contribution >= 4 is 34.7 Å². The van der Waals surface area contributed by atoms with Gasteiger partial charge in [-0.05, 0) is 17.7 Å². The molecule has 0 atom stereocenters. The molecule has 2 aromatic carbocycles. The summed E-state index contributed by atoms with van der Waals surface area (Å²) in [5.41, 5.74) is 2.92. The lowest BCUT2D eigenvalue weighted by Crippen LogP contribution is -2.39. The number of aromatic nitrogens is 2. The summed E-state index contributed by atoms with van der Waals surface area (Å²) in [6.45, 7) is 1.64. The number of carbonyl (C=O) groups is 2. The minimum Gasteiger partial charge on any atom is -0.383 e. The van der Waals surface area contributed by atoms with E-state index in [1.807, 2.05) is 54.6 Å². The van der Waals surface area contributed by atoms with Crippen molar-refractivity contribution in [2.45, 2.75) is 24.7 Å². The molecule has 8 heteroatoms.